The fraction of sp³-hybridized carbons (Fsp3) is 0.375. The summed E-state index contributed by atoms with van der Waals surface area (Å²) in [6, 6.07) is 10.2. The number of halogens is 3. The topological polar surface area (TPSA) is 105 Å². The summed E-state index contributed by atoms with van der Waals surface area (Å²) >= 11 is 0. The molecule has 0 bridgehead atoms. The molecule has 0 aromatic heterocycles. The second-order valence-corrected chi connectivity index (χ2v) is 8.69. The van der Waals surface area contributed by atoms with Crippen molar-refractivity contribution >= 4 is 18.0 Å². The lowest BCUT2D eigenvalue weighted by molar-refractivity contribution is -0.142. The van der Waals surface area contributed by atoms with Crippen LogP contribution in [-0.2, 0) is 33.3 Å². The molecule has 2 rings (SSSR count). The van der Waals surface area contributed by atoms with Gasteiger partial charge in [0.05, 0.1) is 5.56 Å². The number of carboxylic acid groups (broad SMARTS) is 1. The second kappa shape index (κ2) is 11.0. The van der Waals surface area contributed by atoms with E-state index in [9.17, 15) is 32.7 Å². The first kappa shape index (κ1) is 26.7. The molecule has 0 saturated heterocycles. The van der Waals surface area contributed by atoms with E-state index < -0.39 is 47.4 Å². The first-order valence-electron chi connectivity index (χ1n) is 10.5. The van der Waals surface area contributed by atoms with Crippen molar-refractivity contribution in [3.05, 3.63) is 71.3 Å². The van der Waals surface area contributed by atoms with Crippen molar-refractivity contribution in [2.75, 3.05) is 0 Å². The van der Waals surface area contributed by atoms with Gasteiger partial charge in [0.1, 0.15) is 17.7 Å². The van der Waals surface area contributed by atoms with Crippen LogP contribution in [-0.4, -0.2) is 40.8 Å². The minimum Gasteiger partial charge on any atom is -0.480 e. The highest BCUT2D eigenvalue weighted by Crippen LogP contribution is 2.29. The zero-order valence-electron chi connectivity index (χ0n) is 19.0. The van der Waals surface area contributed by atoms with Gasteiger partial charge in [-0.2, -0.15) is 13.2 Å². The number of hydrogen-bond donors (Lipinski definition) is 3. The van der Waals surface area contributed by atoms with Crippen LogP contribution in [0.4, 0.5) is 18.0 Å². The molecule has 0 radical (unpaired) electrons. The van der Waals surface area contributed by atoms with E-state index in [1.165, 1.54) is 12.1 Å². The van der Waals surface area contributed by atoms with Gasteiger partial charge in [-0.15, -0.1) is 0 Å². The van der Waals surface area contributed by atoms with E-state index in [1.807, 2.05) is 0 Å². The zero-order valence-corrected chi connectivity index (χ0v) is 19.0. The number of aliphatic carboxylic acids is 1. The number of alkyl halides is 3. The average molecular weight is 480 g/mol. The van der Waals surface area contributed by atoms with Crippen LogP contribution in [0, 0.1) is 0 Å². The van der Waals surface area contributed by atoms with Crippen LogP contribution in [0.3, 0.4) is 0 Å². The first-order chi connectivity index (χ1) is 15.7. The normalized spacial score (nSPS) is 13.5. The standard InChI is InChI=1S/C24H27F3N2O5/c1-23(2,3)34-22(33)29-18(13-16-9-11-17(12-10-16)24(25,26)27)20(30)28-19(21(31)32)14-15-7-5-4-6-8-15/h4-12,18-19H,13-14H2,1-3H3,(H,28,30)(H,29,33)(H,31,32)/t18-,19-/m1/s1. The summed E-state index contributed by atoms with van der Waals surface area (Å²) in [6.07, 6.45) is -5.62. The molecule has 0 aliphatic heterocycles. The molecule has 7 nitrogen and oxygen atoms in total. The van der Waals surface area contributed by atoms with Gasteiger partial charge in [-0.3, -0.25) is 4.79 Å². The summed E-state index contributed by atoms with van der Waals surface area (Å²) in [6.45, 7) is 4.87. The summed E-state index contributed by atoms with van der Waals surface area (Å²) in [5.74, 6) is -2.09. The van der Waals surface area contributed by atoms with Gasteiger partial charge in [-0.05, 0) is 44.0 Å². The lowest BCUT2D eigenvalue weighted by atomic mass is 10.0. The number of benzene rings is 2. The Balaban J connectivity index is 2.21. The van der Waals surface area contributed by atoms with Crippen LogP contribution >= 0.6 is 0 Å². The highest BCUT2D eigenvalue weighted by atomic mass is 19.4. The zero-order chi connectivity index (χ0) is 25.5. The molecule has 2 atom stereocenters. The molecule has 2 amide bonds. The van der Waals surface area contributed by atoms with E-state index in [4.69, 9.17) is 4.74 Å². The quantitative estimate of drug-likeness (QED) is 0.531. The summed E-state index contributed by atoms with van der Waals surface area (Å²) in [4.78, 5) is 37.0. The van der Waals surface area contributed by atoms with Gasteiger partial charge in [-0.1, -0.05) is 42.5 Å². The maximum absolute atomic E-state index is 13.0. The predicted octanol–water partition coefficient (Wildman–Crippen LogP) is 3.95. The van der Waals surface area contributed by atoms with Gasteiger partial charge < -0.3 is 20.5 Å². The van der Waals surface area contributed by atoms with Crippen molar-refractivity contribution in [3.8, 4) is 0 Å². The SMILES string of the molecule is CC(C)(C)OC(=O)N[C@H](Cc1ccc(C(F)(F)F)cc1)C(=O)N[C@H](Cc1ccccc1)C(=O)O. The van der Waals surface area contributed by atoms with E-state index in [0.717, 1.165) is 12.1 Å². The minimum atomic E-state index is -4.52. The Bertz CT molecular complexity index is 986. The number of carbonyl (C=O) groups excluding carboxylic acids is 2. The number of ether oxygens (including phenoxy) is 1. The molecule has 0 fully saturated rings. The summed E-state index contributed by atoms with van der Waals surface area (Å²) < 4.78 is 43.7. The van der Waals surface area contributed by atoms with Crippen LogP contribution in [0.25, 0.3) is 0 Å². The summed E-state index contributed by atoms with van der Waals surface area (Å²) in [7, 11) is 0. The number of carbonyl (C=O) groups is 3. The monoisotopic (exact) mass is 480 g/mol. The second-order valence-electron chi connectivity index (χ2n) is 8.69. The van der Waals surface area contributed by atoms with Crippen molar-refractivity contribution in [1.82, 2.24) is 10.6 Å². The molecule has 3 N–H and O–H groups in total. The van der Waals surface area contributed by atoms with Gasteiger partial charge >= 0.3 is 18.2 Å². The Morgan fingerprint density at radius 2 is 1.38 bits per heavy atom. The number of amides is 2. The van der Waals surface area contributed by atoms with Crippen molar-refractivity contribution in [3.63, 3.8) is 0 Å². The third-order valence-corrected chi connectivity index (χ3v) is 4.63. The van der Waals surface area contributed by atoms with Gasteiger partial charge in [0.15, 0.2) is 0 Å². The van der Waals surface area contributed by atoms with Crippen molar-refractivity contribution < 1.29 is 37.4 Å². The molecule has 2 aromatic rings. The average Bonchev–Trinajstić information content (AvgIpc) is 2.71. The van der Waals surface area contributed by atoms with Gasteiger partial charge in [0, 0.05) is 12.8 Å². The maximum Gasteiger partial charge on any atom is 0.416 e. The van der Waals surface area contributed by atoms with E-state index in [0.29, 0.717) is 11.1 Å². The lowest BCUT2D eigenvalue weighted by Gasteiger charge is -2.24. The maximum atomic E-state index is 13.0. The molecule has 0 saturated carbocycles. The molecule has 184 valence electrons. The summed E-state index contributed by atoms with van der Waals surface area (Å²) in [5.41, 5.74) is -0.712. The molecule has 0 unspecified atom stereocenters. The largest absolute Gasteiger partial charge is 0.480 e. The number of carboxylic acids is 1. The number of alkyl carbamates (subject to hydrolysis) is 1. The molecular formula is C24H27F3N2O5. The van der Waals surface area contributed by atoms with Gasteiger partial charge in [0.2, 0.25) is 5.91 Å². The van der Waals surface area contributed by atoms with Crippen LogP contribution < -0.4 is 10.6 Å². The highest BCUT2D eigenvalue weighted by Gasteiger charge is 2.31. The lowest BCUT2D eigenvalue weighted by Crippen LogP contribution is -2.53. The molecule has 0 aliphatic rings. The number of hydrogen-bond acceptors (Lipinski definition) is 4. The van der Waals surface area contributed by atoms with Crippen molar-refractivity contribution in [1.29, 1.82) is 0 Å². The van der Waals surface area contributed by atoms with Crippen LogP contribution in [0.5, 0.6) is 0 Å². The Kier molecular flexibility index (Phi) is 8.67. The van der Waals surface area contributed by atoms with Gasteiger partial charge in [0.25, 0.3) is 0 Å². The molecule has 10 heteroatoms. The van der Waals surface area contributed by atoms with E-state index >= 15 is 0 Å². The third-order valence-electron chi connectivity index (χ3n) is 4.63. The van der Waals surface area contributed by atoms with E-state index in [2.05, 4.69) is 10.6 Å². The molecule has 0 heterocycles. The Morgan fingerprint density at radius 1 is 0.853 bits per heavy atom. The van der Waals surface area contributed by atoms with Crippen LogP contribution in [0.15, 0.2) is 54.6 Å². The Labute approximate surface area is 195 Å². The molecule has 0 spiro atoms. The first-order valence-corrected chi connectivity index (χ1v) is 10.5. The fourth-order valence-corrected chi connectivity index (χ4v) is 3.05. The van der Waals surface area contributed by atoms with Crippen LogP contribution in [0.1, 0.15) is 37.5 Å². The molecule has 0 aliphatic carbocycles. The fourth-order valence-electron chi connectivity index (χ4n) is 3.05. The minimum absolute atomic E-state index is 0.00134. The smallest absolute Gasteiger partial charge is 0.416 e. The molecular weight excluding hydrogens is 453 g/mol. The number of rotatable bonds is 8. The molecule has 34 heavy (non-hydrogen) atoms. The molecule has 2 aromatic carbocycles. The Morgan fingerprint density at radius 3 is 1.88 bits per heavy atom. The predicted molar refractivity (Wildman–Crippen MR) is 118 cm³/mol. The Hall–Kier alpha value is -3.56. The third kappa shape index (κ3) is 8.76. The van der Waals surface area contributed by atoms with Crippen molar-refractivity contribution in [2.45, 2.75) is 57.5 Å². The van der Waals surface area contributed by atoms with Gasteiger partial charge in [-0.25, -0.2) is 9.59 Å². The van der Waals surface area contributed by atoms with E-state index in [1.54, 1.807) is 51.1 Å². The highest BCUT2D eigenvalue weighted by molar-refractivity contribution is 5.89. The number of nitrogens with one attached hydrogen (secondary N) is 2. The van der Waals surface area contributed by atoms with Crippen molar-refractivity contribution in [2.24, 2.45) is 0 Å². The van der Waals surface area contributed by atoms with E-state index in [-0.39, 0.29) is 12.8 Å². The van der Waals surface area contributed by atoms with Crippen LogP contribution in [0.2, 0.25) is 0 Å². The summed E-state index contributed by atoms with van der Waals surface area (Å²) in [5, 5.41) is 14.4.